The molecule has 19 heavy (non-hydrogen) atoms. The smallest absolute Gasteiger partial charge is 0.148 e. The van der Waals surface area contributed by atoms with Crippen molar-refractivity contribution < 1.29 is 12.8 Å². The molecule has 1 aliphatic rings. The van der Waals surface area contributed by atoms with E-state index in [0.717, 1.165) is 22.6 Å². The molecule has 1 aromatic carbocycles. The third-order valence-electron chi connectivity index (χ3n) is 3.05. The van der Waals surface area contributed by atoms with Crippen LogP contribution in [0.15, 0.2) is 23.1 Å². The highest BCUT2D eigenvalue weighted by atomic mass is 32.2. The van der Waals surface area contributed by atoms with Crippen LogP contribution >= 0.6 is 11.8 Å². The van der Waals surface area contributed by atoms with Crippen molar-refractivity contribution in [1.29, 1.82) is 0 Å². The predicted molar refractivity (Wildman–Crippen MR) is 76.8 cm³/mol. The summed E-state index contributed by atoms with van der Waals surface area (Å²) in [5, 5.41) is 3.30. The van der Waals surface area contributed by atoms with Crippen LogP contribution in [-0.4, -0.2) is 32.2 Å². The van der Waals surface area contributed by atoms with E-state index in [4.69, 9.17) is 0 Å². The van der Waals surface area contributed by atoms with E-state index in [9.17, 15) is 12.8 Å². The molecule has 0 saturated heterocycles. The molecule has 1 aliphatic heterocycles. The molecule has 1 heterocycles. The Morgan fingerprint density at radius 1 is 1.53 bits per heavy atom. The summed E-state index contributed by atoms with van der Waals surface area (Å²) in [6, 6.07) is 4.70. The number of fused-ring (bicyclic) bond motifs is 1. The molecular weight excluding hydrogens is 285 g/mol. The van der Waals surface area contributed by atoms with Gasteiger partial charge in [0.2, 0.25) is 0 Å². The first-order valence-corrected chi connectivity index (χ1v) is 9.26. The second-order valence-electron chi connectivity index (χ2n) is 5.03. The van der Waals surface area contributed by atoms with Crippen LogP contribution in [0.25, 0.3) is 0 Å². The van der Waals surface area contributed by atoms with E-state index < -0.39 is 9.84 Å². The quantitative estimate of drug-likeness (QED) is 0.928. The van der Waals surface area contributed by atoms with E-state index in [2.05, 4.69) is 5.32 Å². The number of hydrogen-bond acceptors (Lipinski definition) is 4. The fourth-order valence-corrected chi connectivity index (χ4v) is 4.49. The van der Waals surface area contributed by atoms with Crippen molar-refractivity contribution in [2.75, 3.05) is 17.8 Å². The van der Waals surface area contributed by atoms with Gasteiger partial charge >= 0.3 is 0 Å². The lowest BCUT2D eigenvalue weighted by atomic mass is 10.0. The Bertz CT molecular complexity index is 560. The average molecular weight is 303 g/mol. The minimum absolute atomic E-state index is 0.0312. The maximum absolute atomic E-state index is 13.3. The lowest BCUT2D eigenvalue weighted by molar-refractivity contribution is 0.455. The standard InChI is InChI=1S/C13H18FNO2S2/c1-9(8-19(2,16)17)15-12-5-6-18-13-4-3-10(14)7-11(12)13/h3-4,7,9,12,15H,5-6,8H2,1-2H3. The van der Waals surface area contributed by atoms with Crippen molar-refractivity contribution in [1.82, 2.24) is 5.32 Å². The lowest BCUT2D eigenvalue weighted by Crippen LogP contribution is -2.37. The van der Waals surface area contributed by atoms with Gasteiger partial charge in [0.15, 0.2) is 0 Å². The monoisotopic (exact) mass is 303 g/mol. The van der Waals surface area contributed by atoms with Crippen molar-refractivity contribution in [3.05, 3.63) is 29.6 Å². The Kier molecular flexibility index (Phi) is 4.53. The van der Waals surface area contributed by atoms with Crippen LogP contribution in [-0.2, 0) is 9.84 Å². The molecule has 0 saturated carbocycles. The van der Waals surface area contributed by atoms with Crippen molar-refractivity contribution in [2.45, 2.75) is 30.3 Å². The Labute approximate surface area is 117 Å². The fourth-order valence-electron chi connectivity index (χ4n) is 2.38. The minimum atomic E-state index is -3.00. The molecule has 1 N–H and O–H groups in total. The Hall–Kier alpha value is -0.590. The second kappa shape index (κ2) is 5.81. The molecule has 2 rings (SSSR count). The lowest BCUT2D eigenvalue weighted by Gasteiger charge is -2.28. The number of thioether (sulfide) groups is 1. The van der Waals surface area contributed by atoms with E-state index in [1.54, 1.807) is 23.9 Å². The molecule has 0 fully saturated rings. The average Bonchev–Trinajstić information content (AvgIpc) is 2.27. The summed E-state index contributed by atoms with van der Waals surface area (Å²) in [5.41, 5.74) is 0.941. The van der Waals surface area contributed by atoms with Crippen LogP contribution in [0, 0.1) is 5.82 Å². The summed E-state index contributed by atoms with van der Waals surface area (Å²) in [6.07, 6.45) is 2.12. The maximum Gasteiger partial charge on any atom is 0.148 e. The summed E-state index contributed by atoms with van der Waals surface area (Å²) in [6.45, 7) is 1.85. The largest absolute Gasteiger partial charge is 0.306 e. The summed E-state index contributed by atoms with van der Waals surface area (Å²) < 4.78 is 35.9. The van der Waals surface area contributed by atoms with Crippen LogP contribution in [0.5, 0.6) is 0 Å². The highest BCUT2D eigenvalue weighted by Gasteiger charge is 2.23. The Morgan fingerprint density at radius 2 is 2.26 bits per heavy atom. The molecular formula is C13H18FNO2S2. The van der Waals surface area contributed by atoms with Crippen molar-refractivity contribution in [3.8, 4) is 0 Å². The molecule has 3 nitrogen and oxygen atoms in total. The fraction of sp³-hybridized carbons (Fsp3) is 0.538. The molecule has 0 bridgehead atoms. The molecule has 0 radical (unpaired) electrons. The third kappa shape index (κ3) is 4.19. The molecule has 2 atom stereocenters. The summed E-state index contributed by atoms with van der Waals surface area (Å²) >= 11 is 1.72. The molecule has 0 amide bonds. The molecule has 6 heteroatoms. The highest BCUT2D eigenvalue weighted by molar-refractivity contribution is 7.99. The summed E-state index contributed by atoms with van der Waals surface area (Å²) in [7, 11) is -3.00. The van der Waals surface area contributed by atoms with E-state index >= 15 is 0 Å². The third-order valence-corrected chi connectivity index (χ3v) is 5.28. The Morgan fingerprint density at radius 3 is 2.95 bits per heavy atom. The van der Waals surface area contributed by atoms with Gasteiger partial charge < -0.3 is 5.32 Å². The zero-order chi connectivity index (χ0) is 14.0. The first-order valence-electron chi connectivity index (χ1n) is 6.21. The van der Waals surface area contributed by atoms with Crippen LogP contribution in [0.3, 0.4) is 0 Å². The van der Waals surface area contributed by atoms with Crippen molar-refractivity contribution >= 4 is 21.6 Å². The van der Waals surface area contributed by atoms with Gasteiger partial charge in [0.25, 0.3) is 0 Å². The van der Waals surface area contributed by atoms with E-state index in [0.29, 0.717) is 0 Å². The SMILES string of the molecule is CC(CS(C)(=O)=O)NC1CCSc2ccc(F)cc21. The van der Waals surface area contributed by atoms with E-state index in [1.165, 1.54) is 12.3 Å². The molecule has 1 aromatic rings. The number of nitrogens with one attached hydrogen (secondary N) is 1. The second-order valence-corrected chi connectivity index (χ2v) is 8.35. The highest BCUT2D eigenvalue weighted by Crippen LogP contribution is 2.36. The number of sulfone groups is 1. The first kappa shape index (κ1) is 14.8. The van der Waals surface area contributed by atoms with Crippen molar-refractivity contribution in [2.24, 2.45) is 0 Å². The topological polar surface area (TPSA) is 46.2 Å². The van der Waals surface area contributed by atoms with Crippen LogP contribution < -0.4 is 5.32 Å². The molecule has 106 valence electrons. The van der Waals surface area contributed by atoms with Gasteiger partial charge in [-0.25, -0.2) is 12.8 Å². The van der Waals surface area contributed by atoms with Gasteiger partial charge in [-0.1, -0.05) is 0 Å². The molecule has 0 aliphatic carbocycles. The van der Waals surface area contributed by atoms with Gasteiger partial charge in [0.05, 0.1) is 5.75 Å². The van der Waals surface area contributed by atoms with Gasteiger partial charge in [-0.3, -0.25) is 0 Å². The first-order chi connectivity index (χ1) is 8.85. The predicted octanol–water partition coefficient (Wildman–Crippen LogP) is 2.39. The normalized spacial score (nSPS) is 20.9. The van der Waals surface area contributed by atoms with Crippen LogP contribution in [0.1, 0.15) is 24.9 Å². The van der Waals surface area contributed by atoms with Crippen molar-refractivity contribution in [3.63, 3.8) is 0 Å². The molecule has 0 spiro atoms. The number of halogens is 1. The number of benzene rings is 1. The minimum Gasteiger partial charge on any atom is -0.306 e. The molecule has 0 aromatic heterocycles. The maximum atomic E-state index is 13.3. The summed E-state index contributed by atoms with van der Waals surface area (Å²) in [4.78, 5) is 1.08. The zero-order valence-corrected chi connectivity index (χ0v) is 12.7. The van der Waals surface area contributed by atoms with Gasteiger partial charge in [-0.15, -0.1) is 11.8 Å². The van der Waals surface area contributed by atoms with Crippen LogP contribution in [0.2, 0.25) is 0 Å². The Balaban J connectivity index is 2.13. The number of hydrogen-bond donors (Lipinski definition) is 1. The zero-order valence-electron chi connectivity index (χ0n) is 11.0. The molecule has 2 unspecified atom stereocenters. The van der Waals surface area contributed by atoms with E-state index in [-0.39, 0.29) is 23.7 Å². The van der Waals surface area contributed by atoms with Gasteiger partial charge in [0, 0.05) is 23.2 Å². The van der Waals surface area contributed by atoms with E-state index in [1.807, 2.05) is 6.92 Å². The van der Waals surface area contributed by atoms with Gasteiger partial charge in [0.1, 0.15) is 15.7 Å². The number of rotatable bonds is 4. The van der Waals surface area contributed by atoms with Crippen LogP contribution in [0.4, 0.5) is 4.39 Å². The van der Waals surface area contributed by atoms with Gasteiger partial charge in [-0.05, 0) is 42.9 Å². The summed E-state index contributed by atoms with van der Waals surface area (Å²) in [5.74, 6) is 0.812. The van der Waals surface area contributed by atoms with Gasteiger partial charge in [-0.2, -0.15) is 0 Å².